The molecule has 1 rings (SSSR count). The van der Waals surface area contributed by atoms with Crippen molar-refractivity contribution in [3.8, 4) is 0 Å². The zero-order chi connectivity index (χ0) is 12.9. The number of aryl methyl sites for hydroxylation is 1. The molecule has 1 aromatic rings. The van der Waals surface area contributed by atoms with Crippen molar-refractivity contribution < 1.29 is 4.39 Å². The van der Waals surface area contributed by atoms with Crippen LogP contribution >= 0.6 is 0 Å². The number of benzene rings is 1. The summed E-state index contributed by atoms with van der Waals surface area (Å²) in [6.45, 7) is 10.4. The molecule has 0 saturated heterocycles. The van der Waals surface area contributed by atoms with E-state index in [0.717, 1.165) is 37.1 Å². The summed E-state index contributed by atoms with van der Waals surface area (Å²) in [5.74, 6) is -0.0870. The molecule has 0 atom stereocenters. The van der Waals surface area contributed by atoms with Gasteiger partial charge in [0.05, 0.1) is 0 Å². The molecule has 1 N–H and O–H groups in total. The van der Waals surface area contributed by atoms with Gasteiger partial charge in [-0.25, -0.2) is 4.39 Å². The average molecular weight is 237 g/mol. The zero-order valence-corrected chi connectivity index (χ0v) is 11.4. The number of halogens is 1. The lowest BCUT2D eigenvalue weighted by Gasteiger charge is -2.26. The summed E-state index contributed by atoms with van der Waals surface area (Å²) in [6, 6.07) is 5.37. The Bertz CT molecular complexity index is 358. The SMILES string of the molecule is CCCNCCC(C)(C)c1cc(C)ccc1F. The number of hydrogen-bond donors (Lipinski definition) is 1. The third kappa shape index (κ3) is 4.12. The molecule has 0 aliphatic carbocycles. The molecular formula is C15H24FN. The lowest BCUT2D eigenvalue weighted by atomic mass is 9.80. The van der Waals surface area contributed by atoms with E-state index in [2.05, 4.69) is 26.1 Å². The Kier molecular flexibility index (Phi) is 5.13. The normalized spacial score (nSPS) is 11.8. The van der Waals surface area contributed by atoms with Crippen LogP contribution in [0, 0.1) is 12.7 Å². The molecule has 1 aromatic carbocycles. The minimum absolute atomic E-state index is 0.0870. The molecule has 0 heterocycles. The maximum atomic E-state index is 13.8. The van der Waals surface area contributed by atoms with Crippen LogP contribution < -0.4 is 5.32 Å². The molecule has 2 heteroatoms. The first-order valence-electron chi connectivity index (χ1n) is 6.44. The molecular weight excluding hydrogens is 213 g/mol. The monoisotopic (exact) mass is 237 g/mol. The second-order valence-corrected chi connectivity index (χ2v) is 5.37. The van der Waals surface area contributed by atoms with E-state index in [1.807, 2.05) is 19.1 Å². The molecule has 0 unspecified atom stereocenters. The Balaban J connectivity index is 2.71. The van der Waals surface area contributed by atoms with Gasteiger partial charge in [-0.05, 0) is 49.9 Å². The first kappa shape index (κ1) is 14.2. The molecule has 1 nitrogen and oxygen atoms in total. The maximum Gasteiger partial charge on any atom is 0.126 e. The summed E-state index contributed by atoms with van der Waals surface area (Å²) < 4.78 is 13.8. The van der Waals surface area contributed by atoms with E-state index in [9.17, 15) is 4.39 Å². The third-order valence-electron chi connectivity index (χ3n) is 3.20. The fourth-order valence-electron chi connectivity index (χ4n) is 2.00. The molecule has 96 valence electrons. The van der Waals surface area contributed by atoms with Crippen molar-refractivity contribution in [3.05, 3.63) is 35.1 Å². The van der Waals surface area contributed by atoms with Crippen molar-refractivity contribution in [1.29, 1.82) is 0 Å². The second-order valence-electron chi connectivity index (χ2n) is 5.37. The van der Waals surface area contributed by atoms with Gasteiger partial charge in [0, 0.05) is 0 Å². The van der Waals surface area contributed by atoms with E-state index in [-0.39, 0.29) is 11.2 Å². The highest BCUT2D eigenvalue weighted by Crippen LogP contribution is 2.29. The van der Waals surface area contributed by atoms with Gasteiger partial charge in [-0.3, -0.25) is 0 Å². The van der Waals surface area contributed by atoms with Crippen LogP contribution in [-0.4, -0.2) is 13.1 Å². The van der Waals surface area contributed by atoms with Gasteiger partial charge in [0.25, 0.3) is 0 Å². The topological polar surface area (TPSA) is 12.0 Å². The second kappa shape index (κ2) is 6.15. The molecule has 0 fully saturated rings. The molecule has 0 amide bonds. The molecule has 17 heavy (non-hydrogen) atoms. The predicted molar refractivity (Wildman–Crippen MR) is 71.9 cm³/mol. The van der Waals surface area contributed by atoms with Crippen molar-refractivity contribution in [3.63, 3.8) is 0 Å². The number of hydrogen-bond acceptors (Lipinski definition) is 1. The van der Waals surface area contributed by atoms with Crippen LogP contribution in [0.5, 0.6) is 0 Å². The zero-order valence-electron chi connectivity index (χ0n) is 11.4. The fourth-order valence-corrected chi connectivity index (χ4v) is 2.00. The molecule has 0 spiro atoms. The minimum atomic E-state index is -0.114. The van der Waals surface area contributed by atoms with E-state index in [0.29, 0.717) is 0 Å². The van der Waals surface area contributed by atoms with Crippen molar-refractivity contribution in [2.24, 2.45) is 0 Å². The average Bonchev–Trinajstić information content (AvgIpc) is 2.28. The van der Waals surface area contributed by atoms with Crippen LogP contribution in [0.1, 0.15) is 44.7 Å². The van der Waals surface area contributed by atoms with Gasteiger partial charge in [-0.2, -0.15) is 0 Å². The third-order valence-corrected chi connectivity index (χ3v) is 3.20. The van der Waals surface area contributed by atoms with Crippen LogP contribution in [0.25, 0.3) is 0 Å². The van der Waals surface area contributed by atoms with Crippen molar-refractivity contribution in [1.82, 2.24) is 5.32 Å². The minimum Gasteiger partial charge on any atom is -0.317 e. The summed E-state index contributed by atoms with van der Waals surface area (Å²) in [5, 5.41) is 3.37. The highest BCUT2D eigenvalue weighted by atomic mass is 19.1. The fraction of sp³-hybridized carbons (Fsp3) is 0.600. The summed E-state index contributed by atoms with van der Waals surface area (Å²) in [5.41, 5.74) is 1.84. The van der Waals surface area contributed by atoms with Crippen molar-refractivity contribution in [2.75, 3.05) is 13.1 Å². The van der Waals surface area contributed by atoms with Crippen molar-refractivity contribution >= 4 is 0 Å². The van der Waals surface area contributed by atoms with Crippen LogP contribution in [0.4, 0.5) is 4.39 Å². The molecule has 0 bridgehead atoms. The van der Waals surface area contributed by atoms with Gasteiger partial charge in [0.15, 0.2) is 0 Å². The number of nitrogens with one attached hydrogen (secondary N) is 1. The van der Waals surface area contributed by atoms with Crippen LogP contribution in [0.15, 0.2) is 18.2 Å². The van der Waals surface area contributed by atoms with Gasteiger partial charge < -0.3 is 5.32 Å². The maximum absolute atomic E-state index is 13.8. The summed E-state index contributed by atoms with van der Waals surface area (Å²) >= 11 is 0. The summed E-state index contributed by atoms with van der Waals surface area (Å²) in [7, 11) is 0. The van der Waals surface area contributed by atoms with E-state index < -0.39 is 0 Å². The van der Waals surface area contributed by atoms with Gasteiger partial charge in [-0.1, -0.05) is 38.5 Å². The molecule has 0 radical (unpaired) electrons. The van der Waals surface area contributed by atoms with E-state index in [1.54, 1.807) is 6.07 Å². The van der Waals surface area contributed by atoms with E-state index in [1.165, 1.54) is 0 Å². The van der Waals surface area contributed by atoms with Crippen LogP contribution in [-0.2, 0) is 5.41 Å². The van der Waals surface area contributed by atoms with Crippen molar-refractivity contribution in [2.45, 2.75) is 46.0 Å². The standard InChI is InChI=1S/C15H24FN/c1-5-9-17-10-8-15(3,4)13-11-12(2)6-7-14(13)16/h6-7,11,17H,5,8-10H2,1-4H3. The Hall–Kier alpha value is -0.890. The van der Waals surface area contributed by atoms with Crippen LogP contribution in [0.2, 0.25) is 0 Å². The largest absolute Gasteiger partial charge is 0.317 e. The van der Waals surface area contributed by atoms with Gasteiger partial charge in [-0.15, -0.1) is 0 Å². The quantitative estimate of drug-likeness (QED) is 0.742. The van der Waals surface area contributed by atoms with Gasteiger partial charge >= 0.3 is 0 Å². The lowest BCUT2D eigenvalue weighted by molar-refractivity contribution is 0.434. The van der Waals surface area contributed by atoms with E-state index >= 15 is 0 Å². The molecule has 0 aliphatic rings. The first-order chi connectivity index (χ1) is 7.97. The Morgan fingerprint density at radius 2 is 1.94 bits per heavy atom. The van der Waals surface area contributed by atoms with Gasteiger partial charge in [0.1, 0.15) is 5.82 Å². The molecule has 0 aliphatic heterocycles. The van der Waals surface area contributed by atoms with E-state index in [4.69, 9.17) is 0 Å². The summed E-state index contributed by atoms with van der Waals surface area (Å²) in [4.78, 5) is 0. The lowest BCUT2D eigenvalue weighted by Crippen LogP contribution is -2.26. The van der Waals surface area contributed by atoms with Crippen LogP contribution in [0.3, 0.4) is 0 Å². The predicted octanol–water partition coefficient (Wildman–Crippen LogP) is 3.80. The molecule has 0 aromatic heterocycles. The molecule has 0 saturated carbocycles. The Labute approximate surface area is 104 Å². The summed E-state index contributed by atoms with van der Waals surface area (Å²) in [6.07, 6.45) is 2.09. The Morgan fingerprint density at radius 3 is 2.59 bits per heavy atom. The highest BCUT2D eigenvalue weighted by Gasteiger charge is 2.23. The highest BCUT2D eigenvalue weighted by molar-refractivity contribution is 5.30. The Morgan fingerprint density at radius 1 is 1.24 bits per heavy atom. The smallest absolute Gasteiger partial charge is 0.126 e. The van der Waals surface area contributed by atoms with Gasteiger partial charge in [0.2, 0.25) is 0 Å². The number of rotatable bonds is 6. The first-order valence-corrected chi connectivity index (χ1v) is 6.44.